The van der Waals surface area contributed by atoms with Gasteiger partial charge in [-0.25, -0.2) is 0 Å². The number of nitrogens with one attached hydrogen (secondary N) is 2. The van der Waals surface area contributed by atoms with Gasteiger partial charge in [-0.15, -0.1) is 0 Å². The van der Waals surface area contributed by atoms with Gasteiger partial charge in [-0.1, -0.05) is 12.1 Å². The smallest absolute Gasteiger partial charge is 0.238 e. The van der Waals surface area contributed by atoms with Gasteiger partial charge in [0, 0.05) is 6.04 Å². The number of anilines is 1. The number of hydrogen-bond acceptors (Lipinski definition) is 4. The van der Waals surface area contributed by atoms with Crippen LogP contribution in [0.1, 0.15) is 42.8 Å². The average molecular weight is 342 g/mol. The topological polar surface area (TPSA) is 70.2 Å². The minimum atomic E-state index is 0.00503. The first-order valence-electron chi connectivity index (χ1n) is 8.86. The Kier molecular flexibility index (Phi) is 5.38. The first kappa shape index (κ1) is 17.5. The Labute approximate surface area is 148 Å². The molecule has 25 heavy (non-hydrogen) atoms. The molecule has 0 spiro atoms. The molecule has 1 aliphatic rings. The van der Waals surface area contributed by atoms with Gasteiger partial charge in [0.05, 0.1) is 30.2 Å². The highest BCUT2D eigenvalue weighted by Crippen LogP contribution is 2.32. The summed E-state index contributed by atoms with van der Waals surface area (Å²) in [6.45, 7) is 7.78. The number of likely N-dealkylation sites (tertiary alicyclic amines) is 1. The molecule has 1 unspecified atom stereocenters. The van der Waals surface area contributed by atoms with E-state index in [0.29, 0.717) is 13.2 Å². The number of nitrogens with zero attached hydrogens (tertiary/aromatic N) is 2. The summed E-state index contributed by atoms with van der Waals surface area (Å²) >= 11 is 0. The highest BCUT2D eigenvalue weighted by atomic mass is 16.5. The number of hydrogen-bond donors (Lipinski definition) is 2. The SMILES string of the molecule is CCOc1ccc(C2CCCN2CC(=O)Nc2c(C)n[nH]c2C)cc1. The second kappa shape index (κ2) is 7.70. The van der Waals surface area contributed by atoms with E-state index in [4.69, 9.17) is 4.74 Å². The highest BCUT2D eigenvalue weighted by molar-refractivity contribution is 5.93. The van der Waals surface area contributed by atoms with E-state index in [0.717, 1.165) is 42.2 Å². The molecule has 1 amide bonds. The molecule has 3 rings (SSSR count). The second-order valence-electron chi connectivity index (χ2n) is 6.49. The molecule has 1 aromatic heterocycles. The van der Waals surface area contributed by atoms with Crippen molar-refractivity contribution in [3.05, 3.63) is 41.2 Å². The summed E-state index contributed by atoms with van der Waals surface area (Å²) in [4.78, 5) is 14.7. The quantitative estimate of drug-likeness (QED) is 0.846. The number of aromatic amines is 1. The lowest BCUT2D eigenvalue weighted by Gasteiger charge is -2.24. The lowest BCUT2D eigenvalue weighted by atomic mass is 10.0. The maximum atomic E-state index is 12.5. The molecule has 0 saturated carbocycles. The van der Waals surface area contributed by atoms with Crippen molar-refractivity contribution in [1.29, 1.82) is 0 Å². The molecule has 1 fully saturated rings. The normalized spacial score (nSPS) is 17.6. The molecule has 1 aromatic carbocycles. The number of benzene rings is 1. The molecule has 0 aliphatic carbocycles. The number of rotatable bonds is 6. The standard InChI is InChI=1S/C19H26N4O2/c1-4-25-16-9-7-15(8-10-16)17-6-5-11-23(17)12-18(24)20-19-13(2)21-22-14(19)3/h7-10,17H,4-6,11-12H2,1-3H3,(H,20,24)(H,21,22). The van der Waals surface area contributed by atoms with Crippen LogP contribution in [0.25, 0.3) is 0 Å². The monoisotopic (exact) mass is 342 g/mol. The molecule has 6 heteroatoms. The van der Waals surface area contributed by atoms with Gasteiger partial charge in [-0.05, 0) is 57.9 Å². The molecule has 0 bridgehead atoms. The van der Waals surface area contributed by atoms with Gasteiger partial charge in [0.15, 0.2) is 0 Å². The van der Waals surface area contributed by atoms with E-state index in [1.54, 1.807) is 0 Å². The van der Waals surface area contributed by atoms with Crippen LogP contribution in [0, 0.1) is 13.8 Å². The van der Waals surface area contributed by atoms with E-state index in [1.807, 2.05) is 32.9 Å². The number of aryl methyl sites for hydroxylation is 2. The number of amides is 1. The van der Waals surface area contributed by atoms with Crippen molar-refractivity contribution in [2.75, 3.05) is 25.0 Å². The zero-order valence-corrected chi connectivity index (χ0v) is 15.1. The number of aromatic nitrogens is 2. The first-order chi connectivity index (χ1) is 12.1. The summed E-state index contributed by atoms with van der Waals surface area (Å²) in [6.07, 6.45) is 2.18. The van der Waals surface area contributed by atoms with Crippen LogP contribution in [0.3, 0.4) is 0 Å². The van der Waals surface area contributed by atoms with Crippen molar-refractivity contribution in [3.8, 4) is 5.75 Å². The van der Waals surface area contributed by atoms with Crippen molar-refractivity contribution in [2.24, 2.45) is 0 Å². The number of carbonyl (C=O) groups excluding carboxylic acids is 1. The van der Waals surface area contributed by atoms with Crippen molar-refractivity contribution in [3.63, 3.8) is 0 Å². The fraction of sp³-hybridized carbons (Fsp3) is 0.474. The fourth-order valence-corrected chi connectivity index (χ4v) is 3.44. The van der Waals surface area contributed by atoms with Gasteiger partial charge in [0.25, 0.3) is 0 Å². The zero-order valence-electron chi connectivity index (χ0n) is 15.1. The summed E-state index contributed by atoms with van der Waals surface area (Å²) < 4.78 is 5.51. The van der Waals surface area contributed by atoms with Crippen LogP contribution in [0.5, 0.6) is 5.75 Å². The number of carbonyl (C=O) groups is 1. The van der Waals surface area contributed by atoms with Crippen molar-refractivity contribution < 1.29 is 9.53 Å². The largest absolute Gasteiger partial charge is 0.494 e. The molecule has 134 valence electrons. The van der Waals surface area contributed by atoms with Gasteiger partial charge in [-0.3, -0.25) is 14.8 Å². The van der Waals surface area contributed by atoms with Gasteiger partial charge < -0.3 is 10.1 Å². The Morgan fingerprint density at radius 1 is 1.36 bits per heavy atom. The van der Waals surface area contributed by atoms with Gasteiger partial charge in [0.2, 0.25) is 5.91 Å². The van der Waals surface area contributed by atoms with Crippen LogP contribution < -0.4 is 10.1 Å². The summed E-state index contributed by atoms with van der Waals surface area (Å²) in [5.41, 5.74) is 3.73. The Hall–Kier alpha value is -2.34. The molecule has 2 aromatic rings. The molecule has 1 aliphatic heterocycles. The maximum absolute atomic E-state index is 12.5. The number of H-pyrrole nitrogens is 1. The van der Waals surface area contributed by atoms with Crippen LogP contribution in [-0.2, 0) is 4.79 Å². The van der Waals surface area contributed by atoms with E-state index in [-0.39, 0.29) is 11.9 Å². The van der Waals surface area contributed by atoms with Crippen LogP contribution in [-0.4, -0.2) is 40.7 Å². The third-order valence-corrected chi connectivity index (χ3v) is 4.68. The minimum absolute atomic E-state index is 0.00503. The maximum Gasteiger partial charge on any atom is 0.238 e. The van der Waals surface area contributed by atoms with Crippen LogP contribution in [0.15, 0.2) is 24.3 Å². The van der Waals surface area contributed by atoms with E-state index in [2.05, 4.69) is 32.5 Å². The number of ether oxygens (including phenoxy) is 1. The van der Waals surface area contributed by atoms with Gasteiger partial charge >= 0.3 is 0 Å². The van der Waals surface area contributed by atoms with E-state index in [1.165, 1.54) is 5.56 Å². The summed E-state index contributed by atoms with van der Waals surface area (Å²) in [5.74, 6) is 0.893. The molecule has 2 N–H and O–H groups in total. The molecule has 1 atom stereocenters. The molecular weight excluding hydrogens is 316 g/mol. The van der Waals surface area contributed by atoms with Crippen molar-refractivity contribution in [2.45, 2.75) is 39.7 Å². The van der Waals surface area contributed by atoms with Crippen LogP contribution >= 0.6 is 0 Å². The van der Waals surface area contributed by atoms with E-state index in [9.17, 15) is 4.79 Å². The Morgan fingerprint density at radius 2 is 2.12 bits per heavy atom. The minimum Gasteiger partial charge on any atom is -0.494 e. The lowest BCUT2D eigenvalue weighted by Crippen LogP contribution is -2.33. The average Bonchev–Trinajstić information content (AvgIpc) is 3.18. The molecule has 0 radical (unpaired) electrons. The molecule has 1 saturated heterocycles. The van der Waals surface area contributed by atoms with E-state index >= 15 is 0 Å². The van der Waals surface area contributed by atoms with Crippen molar-refractivity contribution in [1.82, 2.24) is 15.1 Å². The summed E-state index contributed by atoms with van der Waals surface area (Å²) in [7, 11) is 0. The molecule has 2 heterocycles. The van der Waals surface area contributed by atoms with Crippen molar-refractivity contribution >= 4 is 11.6 Å². The third kappa shape index (κ3) is 4.02. The zero-order chi connectivity index (χ0) is 17.8. The first-order valence-corrected chi connectivity index (χ1v) is 8.86. The van der Waals surface area contributed by atoms with Gasteiger partial charge in [0.1, 0.15) is 5.75 Å². The highest BCUT2D eigenvalue weighted by Gasteiger charge is 2.27. The third-order valence-electron chi connectivity index (χ3n) is 4.68. The fourth-order valence-electron chi connectivity index (χ4n) is 3.44. The predicted molar refractivity (Wildman–Crippen MR) is 97.9 cm³/mol. The van der Waals surface area contributed by atoms with E-state index < -0.39 is 0 Å². The van der Waals surface area contributed by atoms with Gasteiger partial charge in [-0.2, -0.15) is 5.10 Å². The van der Waals surface area contributed by atoms with Crippen LogP contribution in [0.2, 0.25) is 0 Å². The summed E-state index contributed by atoms with van der Waals surface area (Å²) in [5, 5.41) is 10.0. The second-order valence-corrected chi connectivity index (χ2v) is 6.49. The Balaban J connectivity index is 1.64. The Morgan fingerprint density at radius 3 is 2.76 bits per heavy atom. The Bertz CT molecular complexity index is 704. The molecular formula is C19H26N4O2. The van der Waals surface area contributed by atoms with Crippen LogP contribution in [0.4, 0.5) is 5.69 Å². The predicted octanol–water partition coefficient (Wildman–Crippen LogP) is 3.20. The summed E-state index contributed by atoms with van der Waals surface area (Å²) in [6, 6.07) is 8.52. The lowest BCUT2D eigenvalue weighted by molar-refractivity contribution is -0.117. The molecule has 6 nitrogen and oxygen atoms in total.